The van der Waals surface area contributed by atoms with Crippen LogP contribution in [0.1, 0.15) is 94.0 Å². The number of carbonyl (C=O) groups excluding carboxylic acids is 3. The number of hydrogen-bond acceptors (Lipinski definition) is 17. The fourth-order valence-electron chi connectivity index (χ4n) is 11.9. The highest BCUT2D eigenvalue weighted by Gasteiger charge is 2.48. The number of piperidine rings is 2. The molecule has 406 valence electrons. The number of nitrogens with zero attached hydrogens (tertiary/aromatic N) is 10. The average Bonchev–Trinajstić information content (AvgIpc) is 4.23. The number of aliphatic hydroxyl groups is 1. The molecule has 6 atom stereocenters. The van der Waals surface area contributed by atoms with Gasteiger partial charge in [-0.3, -0.25) is 19.3 Å². The number of piperazine rings is 1. The zero-order chi connectivity index (χ0) is 53.3. The lowest BCUT2D eigenvalue weighted by Gasteiger charge is -2.41. The van der Waals surface area contributed by atoms with Crippen LogP contribution in [0.4, 0.5) is 11.6 Å². The summed E-state index contributed by atoms with van der Waals surface area (Å²) in [7, 11) is 0. The number of likely N-dealkylation sites (tertiary alicyclic amines) is 1. The Morgan fingerprint density at radius 3 is 2.34 bits per heavy atom. The molecular formula is C55H71ClN12O6S2. The van der Waals surface area contributed by atoms with E-state index in [-0.39, 0.29) is 66.1 Å². The molecule has 5 aliphatic rings. The van der Waals surface area contributed by atoms with Gasteiger partial charge in [-0.1, -0.05) is 66.6 Å². The standard InChI is InChI=1S/C55H71ClN12O6S2/c1-33(2)47(43-26-34(3)63-74-43)54(72)68-30-40(69)27-42(68)52(70)62-41(37-6-8-38(9-7-37)49-35(4)61-32-75-49)13-17-64-22-24-67(25-23-64)53(71)39-11-18-66(19-12-39)51-48(56)44(10-16-58-51)76-46-29-59-45(28-60-46)65-20-14-55(15-21-65)31-73-36(5)50(55)57/h6-10,16,26,28-29,32-33,36,39-42,47,50,69H,11-15,17-25,27,30-31,57H2,1-5H3,(H,62,70)/t36-,40+,41-,42-,47+,50+/m0/s1. The van der Waals surface area contributed by atoms with E-state index in [2.05, 4.69) is 66.3 Å². The van der Waals surface area contributed by atoms with E-state index in [1.807, 2.05) is 50.4 Å². The number of amides is 3. The van der Waals surface area contributed by atoms with Crippen LogP contribution in [-0.2, 0) is 19.1 Å². The number of ether oxygens (including phenoxy) is 1. The molecule has 4 aromatic heterocycles. The van der Waals surface area contributed by atoms with Crippen molar-refractivity contribution in [2.45, 2.75) is 119 Å². The number of halogens is 1. The smallest absolute Gasteiger partial charge is 0.243 e. The zero-order valence-corrected chi connectivity index (χ0v) is 46.5. The normalized spacial score (nSPS) is 23.2. The molecule has 18 nitrogen and oxygen atoms in total. The van der Waals surface area contributed by atoms with Crippen molar-refractivity contribution in [2.24, 2.45) is 23.0 Å². The third-order valence-corrected chi connectivity index (χ3v) is 19.0. The summed E-state index contributed by atoms with van der Waals surface area (Å²) in [4.78, 5) is 73.6. The van der Waals surface area contributed by atoms with Gasteiger partial charge in [0.1, 0.15) is 34.4 Å². The molecule has 0 radical (unpaired) electrons. The number of nitrogens with one attached hydrogen (secondary N) is 1. The number of benzene rings is 1. The number of anilines is 2. The molecule has 5 saturated heterocycles. The fourth-order valence-corrected chi connectivity index (χ4v) is 13.8. The highest BCUT2D eigenvalue weighted by Crippen LogP contribution is 2.43. The molecule has 5 aromatic rings. The summed E-state index contributed by atoms with van der Waals surface area (Å²) < 4.78 is 11.5. The van der Waals surface area contributed by atoms with Gasteiger partial charge in [-0.15, -0.1) is 11.3 Å². The van der Waals surface area contributed by atoms with Gasteiger partial charge in [-0.2, -0.15) is 0 Å². The van der Waals surface area contributed by atoms with Gasteiger partial charge in [0.15, 0.2) is 0 Å². The molecule has 1 spiro atoms. The summed E-state index contributed by atoms with van der Waals surface area (Å²) in [6.45, 7) is 17.0. The summed E-state index contributed by atoms with van der Waals surface area (Å²) in [5.74, 6) is 0.785. The van der Waals surface area contributed by atoms with Crippen LogP contribution in [0, 0.1) is 31.1 Å². The first-order valence-corrected chi connectivity index (χ1v) is 29.0. The lowest BCUT2D eigenvalue weighted by Crippen LogP contribution is -2.52. The Morgan fingerprint density at radius 1 is 0.961 bits per heavy atom. The van der Waals surface area contributed by atoms with Crippen LogP contribution in [0.15, 0.2) is 74.9 Å². The van der Waals surface area contributed by atoms with E-state index >= 15 is 0 Å². The van der Waals surface area contributed by atoms with Gasteiger partial charge >= 0.3 is 0 Å². The van der Waals surface area contributed by atoms with E-state index < -0.39 is 18.1 Å². The monoisotopic (exact) mass is 1090 g/mol. The Morgan fingerprint density at radius 2 is 1.71 bits per heavy atom. The van der Waals surface area contributed by atoms with E-state index in [1.54, 1.807) is 29.8 Å². The summed E-state index contributed by atoms with van der Waals surface area (Å²) in [6, 6.07) is 10.7. The molecule has 0 saturated carbocycles. The molecule has 0 bridgehead atoms. The number of aryl methyl sites for hydroxylation is 2. The number of aliphatic hydroxyl groups excluding tert-OH is 1. The molecular weight excluding hydrogens is 1020 g/mol. The third kappa shape index (κ3) is 11.6. The van der Waals surface area contributed by atoms with Crippen molar-refractivity contribution in [1.29, 1.82) is 0 Å². The molecule has 9 heterocycles. The predicted molar refractivity (Wildman–Crippen MR) is 293 cm³/mol. The summed E-state index contributed by atoms with van der Waals surface area (Å²) in [5.41, 5.74) is 12.1. The first kappa shape index (κ1) is 54.1. The molecule has 0 aliphatic carbocycles. The van der Waals surface area contributed by atoms with Crippen molar-refractivity contribution < 1.29 is 28.8 Å². The number of rotatable bonds is 15. The molecule has 0 unspecified atom stereocenters. The van der Waals surface area contributed by atoms with Gasteiger partial charge < -0.3 is 45.0 Å². The maximum absolute atomic E-state index is 14.4. The second kappa shape index (κ2) is 23.4. The van der Waals surface area contributed by atoms with Gasteiger partial charge in [-0.05, 0) is 76.0 Å². The molecule has 4 N–H and O–H groups in total. The Hall–Kier alpha value is -5.22. The third-order valence-electron chi connectivity index (χ3n) is 16.5. The van der Waals surface area contributed by atoms with Crippen LogP contribution in [-0.4, -0.2) is 159 Å². The summed E-state index contributed by atoms with van der Waals surface area (Å²) in [6.07, 6.45) is 8.79. The molecule has 5 fully saturated rings. The number of β-amino-alcohol motifs (C(OH)–C–C–N with tert-alkyl or cyclic N) is 1. The number of aromatic nitrogens is 5. The Kier molecular flexibility index (Phi) is 16.7. The largest absolute Gasteiger partial charge is 0.391 e. The van der Waals surface area contributed by atoms with E-state index in [0.29, 0.717) is 87.4 Å². The van der Waals surface area contributed by atoms with Crippen LogP contribution in [0.25, 0.3) is 10.4 Å². The van der Waals surface area contributed by atoms with Crippen LogP contribution >= 0.6 is 34.7 Å². The van der Waals surface area contributed by atoms with Crippen LogP contribution in [0.2, 0.25) is 5.02 Å². The Balaban J connectivity index is 0.721. The van der Waals surface area contributed by atoms with Gasteiger partial charge in [0.05, 0.1) is 64.0 Å². The average molecular weight is 1100 g/mol. The SMILES string of the molecule is Cc1cc([C@H](C(=O)N2C[C@H](O)C[C@H]2C(=O)N[C@@H](CCN2CCN(C(=O)C3CCN(c4nccc(Sc5cnc(N6CCC7(CC6)CO[C@@H](C)[C@H]7N)cn5)c4Cl)CC3)CC2)c2ccc(-c3scnc3C)cc2)C(C)C)on1. The van der Waals surface area contributed by atoms with Crippen molar-refractivity contribution in [3.05, 3.63) is 88.2 Å². The van der Waals surface area contributed by atoms with Crippen molar-refractivity contribution in [1.82, 2.24) is 45.1 Å². The number of carbonyl (C=O) groups is 3. The minimum atomic E-state index is -0.852. The van der Waals surface area contributed by atoms with Crippen molar-refractivity contribution in [3.8, 4) is 10.4 Å². The zero-order valence-electron chi connectivity index (χ0n) is 44.1. The first-order chi connectivity index (χ1) is 36.6. The van der Waals surface area contributed by atoms with E-state index in [9.17, 15) is 19.5 Å². The molecule has 21 heteroatoms. The maximum Gasteiger partial charge on any atom is 0.243 e. The van der Waals surface area contributed by atoms with Gasteiger partial charge in [0, 0.05) is 106 Å². The molecule has 5 aliphatic heterocycles. The highest BCUT2D eigenvalue weighted by atomic mass is 35.5. The topological polar surface area (TPSA) is 213 Å². The minimum Gasteiger partial charge on any atom is -0.391 e. The predicted octanol–water partition coefficient (Wildman–Crippen LogP) is 6.75. The molecule has 76 heavy (non-hydrogen) atoms. The molecule has 1 aromatic carbocycles. The van der Waals surface area contributed by atoms with Gasteiger partial charge in [0.2, 0.25) is 17.7 Å². The van der Waals surface area contributed by atoms with Crippen molar-refractivity contribution in [2.75, 3.05) is 81.9 Å². The molecule has 3 amide bonds. The number of hydrogen-bond donors (Lipinski definition) is 3. The van der Waals surface area contributed by atoms with E-state index in [4.69, 9.17) is 36.6 Å². The van der Waals surface area contributed by atoms with E-state index in [1.165, 1.54) is 16.7 Å². The van der Waals surface area contributed by atoms with Gasteiger partial charge in [0.25, 0.3) is 0 Å². The lowest BCUT2D eigenvalue weighted by molar-refractivity contribution is -0.141. The Bertz CT molecular complexity index is 2810. The highest BCUT2D eigenvalue weighted by molar-refractivity contribution is 7.99. The van der Waals surface area contributed by atoms with E-state index in [0.717, 1.165) is 70.0 Å². The lowest BCUT2D eigenvalue weighted by atomic mass is 9.73. The number of thiazole rings is 1. The molecule has 10 rings (SSSR count). The Labute approximate surface area is 458 Å². The minimum absolute atomic E-state index is 0.0455. The second-order valence-electron chi connectivity index (χ2n) is 21.8. The first-order valence-electron chi connectivity index (χ1n) is 26.9. The second-order valence-corrected chi connectivity index (χ2v) is 24.1. The van der Waals surface area contributed by atoms with Crippen LogP contribution in [0.3, 0.4) is 0 Å². The van der Waals surface area contributed by atoms with Crippen molar-refractivity contribution in [3.63, 3.8) is 0 Å². The number of pyridine rings is 1. The van der Waals surface area contributed by atoms with Crippen molar-refractivity contribution >= 4 is 64.1 Å². The quantitative estimate of drug-likeness (QED) is 0.0990. The van der Waals surface area contributed by atoms with Gasteiger partial charge in [-0.25, -0.2) is 19.9 Å². The summed E-state index contributed by atoms with van der Waals surface area (Å²) >= 11 is 10.1. The number of nitrogens with two attached hydrogens (primary N) is 1. The fraction of sp³-hybridized carbons (Fsp3) is 0.564. The van der Waals surface area contributed by atoms with Crippen LogP contribution < -0.4 is 20.9 Å². The van der Waals surface area contributed by atoms with Crippen LogP contribution in [0.5, 0.6) is 0 Å². The maximum atomic E-state index is 14.4. The summed E-state index contributed by atoms with van der Waals surface area (Å²) in [5, 5.41) is 19.5.